The number of halogens is 2. The highest BCUT2D eigenvalue weighted by Gasteiger charge is 2.31. The minimum atomic E-state index is -3.75. The van der Waals surface area contributed by atoms with Gasteiger partial charge in [-0.15, -0.1) is 0 Å². The average molecular weight is 474 g/mol. The van der Waals surface area contributed by atoms with Crippen LogP contribution in [0.1, 0.15) is 10.4 Å². The third-order valence-corrected chi connectivity index (χ3v) is 6.90. The number of sulfonamides is 1. The van der Waals surface area contributed by atoms with Crippen LogP contribution in [0.3, 0.4) is 0 Å². The van der Waals surface area contributed by atoms with Gasteiger partial charge in [0.15, 0.2) is 0 Å². The predicted octanol–water partition coefficient (Wildman–Crippen LogP) is 2.58. The molecule has 25 heavy (non-hydrogen) atoms. The molecule has 1 amide bonds. The number of hydrogen-bond donors (Lipinski definition) is 0. The normalized spacial score (nSPS) is 16.0. The van der Waals surface area contributed by atoms with Gasteiger partial charge >= 0.3 is 0 Å². The Morgan fingerprint density at radius 2 is 1.68 bits per heavy atom. The van der Waals surface area contributed by atoms with Crippen LogP contribution in [0.5, 0.6) is 0 Å². The Kier molecular flexibility index (Phi) is 5.40. The van der Waals surface area contributed by atoms with E-state index in [1.165, 1.54) is 22.5 Å². The Hall–Kier alpha value is -1.52. The van der Waals surface area contributed by atoms with Gasteiger partial charge in [-0.1, -0.05) is 18.2 Å². The van der Waals surface area contributed by atoms with Crippen molar-refractivity contribution >= 4 is 38.5 Å². The first-order chi connectivity index (χ1) is 11.9. The molecule has 2 aromatic rings. The Labute approximate surface area is 159 Å². The summed E-state index contributed by atoms with van der Waals surface area (Å²) in [6, 6.07) is 12.3. The van der Waals surface area contributed by atoms with Gasteiger partial charge in [-0.2, -0.15) is 4.31 Å². The molecule has 0 N–H and O–H groups in total. The molecule has 8 heteroatoms. The van der Waals surface area contributed by atoms with Crippen LogP contribution in [0.15, 0.2) is 53.4 Å². The standard InChI is InChI=1S/C17H16FIN2O3S/c18-13-4-3-5-14(12-13)25(23,24)21-10-8-20(9-11-21)17(22)15-6-1-2-7-16(15)19/h1-7,12H,8-11H2. The van der Waals surface area contributed by atoms with Crippen LogP contribution >= 0.6 is 22.6 Å². The summed E-state index contributed by atoms with van der Waals surface area (Å²) in [6.07, 6.45) is 0. The molecule has 0 spiro atoms. The van der Waals surface area contributed by atoms with Crippen LogP contribution in [0, 0.1) is 9.39 Å². The van der Waals surface area contributed by atoms with E-state index >= 15 is 0 Å². The van der Waals surface area contributed by atoms with Gasteiger partial charge in [-0.05, 0) is 52.9 Å². The molecule has 1 aliphatic heterocycles. The number of nitrogens with zero attached hydrogens (tertiary/aromatic N) is 2. The van der Waals surface area contributed by atoms with E-state index in [9.17, 15) is 17.6 Å². The van der Waals surface area contributed by atoms with Crippen molar-refractivity contribution in [3.8, 4) is 0 Å². The summed E-state index contributed by atoms with van der Waals surface area (Å²) in [7, 11) is -3.75. The lowest BCUT2D eigenvalue weighted by molar-refractivity contribution is 0.0697. The fraction of sp³-hybridized carbons (Fsp3) is 0.235. The van der Waals surface area contributed by atoms with E-state index < -0.39 is 15.8 Å². The van der Waals surface area contributed by atoms with E-state index in [0.29, 0.717) is 18.7 Å². The molecule has 3 rings (SSSR count). The van der Waals surface area contributed by atoms with E-state index in [2.05, 4.69) is 22.6 Å². The van der Waals surface area contributed by atoms with Crippen molar-refractivity contribution in [1.29, 1.82) is 0 Å². The van der Waals surface area contributed by atoms with Crippen LogP contribution in [0.4, 0.5) is 4.39 Å². The molecule has 5 nitrogen and oxygen atoms in total. The fourth-order valence-corrected chi connectivity index (χ4v) is 4.79. The van der Waals surface area contributed by atoms with Crippen LogP contribution in [0.2, 0.25) is 0 Å². The van der Waals surface area contributed by atoms with Crippen molar-refractivity contribution in [2.24, 2.45) is 0 Å². The van der Waals surface area contributed by atoms with Crippen LogP contribution in [-0.4, -0.2) is 49.7 Å². The number of hydrogen-bond acceptors (Lipinski definition) is 3. The first kappa shape index (κ1) is 18.3. The second kappa shape index (κ2) is 7.38. The van der Waals surface area contributed by atoms with Gasteiger partial charge < -0.3 is 4.90 Å². The Bertz CT molecular complexity index is 896. The second-order valence-corrected chi connectivity index (χ2v) is 8.73. The summed E-state index contributed by atoms with van der Waals surface area (Å²) >= 11 is 2.11. The van der Waals surface area contributed by atoms with Gasteiger partial charge in [0.25, 0.3) is 5.91 Å². The summed E-state index contributed by atoms with van der Waals surface area (Å²) in [5.74, 6) is -0.693. The molecule has 132 valence electrons. The Balaban J connectivity index is 1.72. The number of piperazine rings is 1. The first-order valence-corrected chi connectivity index (χ1v) is 10.2. The number of rotatable bonds is 3. The third kappa shape index (κ3) is 3.85. The molecule has 0 aliphatic carbocycles. The zero-order chi connectivity index (χ0) is 18.0. The molecular formula is C17H16FIN2O3S. The molecule has 1 aliphatic rings. The van der Waals surface area contributed by atoms with Gasteiger partial charge in [0, 0.05) is 29.7 Å². The van der Waals surface area contributed by atoms with Gasteiger partial charge in [0.05, 0.1) is 10.5 Å². The van der Waals surface area contributed by atoms with Crippen LogP contribution in [0.25, 0.3) is 0 Å². The second-order valence-electron chi connectivity index (χ2n) is 5.63. The van der Waals surface area contributed by atoms with Crippen molar-refractivity contribution in [3.05, 3.63) is 63.5 Å². The van der Waals surface area contributed by atoms with E-state index in [1.54, 1.807) is 17.0 Å². The topological polar surface area (TPSA) is 57.7 Å². The summed E-state index contributed by atoms with van der Waals surface area (Å²) in [6.45, 7) is 0.985. The molecule has 0 unspecified atom stereocenters. The lowest BCUT2D eigenvalue weighted by Crippen LogP contribution is -2.50. The van der Waals surface area contributed by atoms with Crippen molar-refractivity contribution in [2.45, 2.75) is 4.90 Å². The van der Waals surface area contributed by atoms with E-state index in [-0.39, 0.29) is 23.9 Å². The maximum atomic E-state index is 13.3. The van der Waals surface area contributed by atoms with Crippen LogP contribution < -0.4 is 0 Å². The summed E-state index contributed by atoms with van der Waals surface area (Å²) in [4.78, 5) is 14.2. The van der Waals surface area contributed by atoms with Gasteiger partial charge in [0.1, 0.15) is 5.82 Å². The molecular weight excluding hydrogens is 458 g/mol. The van der Waals surface area contributed by atoms with Crippen molar-refractivity contribution in [2.75, 3.05) is 26.2 Å². The van der Waals surface area contributed by atoms with Crippen LogP contribution in [-0.2, 0) is 10.0 Å². The van der Waals surface area contributed by atoms with Crippen molar-refractivity contribution < 1.29 is 17.6 Å². The third-order valence-electron chi connectivity index (χ3n) is 4.06. The number of benzene rings is 2. The van der Waals surface area contributed by atoms with E-state index in [0.717, 1.165) is 9.64 Å². The summed E-state index contributed by atoms with van der Waals surface area (Å²) in [5, 5.41) is 0. The minimum Gasteiger partial charge on any atom is -0.336 e. The highest BCUT2D eigenvalue weighted by Crippen LogP contribution is 2.20. The molecule has 0 aromatic heterocycles. The molecule has 2 aromatic carbocycles. The lowest BCUT2D eigenvalue weighted by atomic mass is 10.2. The van der Waals surface area contributed by atoms with Crippen molar-refractivity contribution in [3.63, 3.8) is 0 Å². The highest BCUT2D eigenvalue weighted by molar-refractivity contribution is 14.1. The van der Waals surface area contributed by atoms with Gasteiger partial charge in [-0.25, -0.2) is 12.8 Å². The maximum Gasteiger partial charge on any atom is 0.255 e. The summed E-state index contributed by atoms with van der Waals surface area (Å²) < 4.78 is 40.7. The zero-order valence-corrected chi connectivity index (χ0v) is 16.2. The van der Waals surface area contributed by atoms with Gasteiger partial charge in [-0.3, -0.25) is 4.79 Å². The molecule has 1 fully saturated rings. The quantitative estimate of drug-likeness (QED) is 0.643. The molecule has 0 bridgehead atoms. The maximum absolute atomic E-state index is 13.3. The highest BCUT2D eigenvalue weighted by atomic mass is 127. The van der Waals surface area contributed by atoms with Crippen molar-refractivity contribution in [1.82, 2.24) is 9.21 Å². The molecule has 1 heterocycles. The van der Waals surface area contributed by atoms with E-state index in [1.807, 2.05) is 12.1 Å². The average Bonchev–Trinajstić information content (AvgIpc) is 2.62. The van der Waals surface area contributed by atoms with E-state index in [4.69, 9.17) is 0 Å². The predicted molar refractivity (Wildman–Crippen MR) is 100 cm³/mol. The monoisotopic (exact) mass is 474 g/mol. The first-order valence-electron chi connectivity index (χ1n) is 7.69. The lowest BCUT2D eigenvalue weighted by Gasteiger charge is -2.34. The minimum absolute atomic E-state index is 0.0649. The fourth-order valence-electron chi connectivity index (χ4n) is 2.71. The zero-order valence-electron chi connectivity index (χ0n) is 13.2. The van der Waals surface area contributed by atoms with Gasteiger partial charge in [0.2, 0.25) is 10.0 Å². The molecule has 0 radical (unpaired) electrons. The molecule has 0 saturated carbocycles. The Morgan fingerprint density at radius 1 is 1.00 bits per heavy atom. The number of amides is 1. The number of carbonyl (C=O) groups is 1. The summed E-state index contributed by atoms with van der Waals surface area (Å²) in [5.41, 5.74) is 0.615. The smallest absolute Gasteiger partial charge is 0.255 e. The molecule has 0 atom stereocenters. The SMILES string of the molecule is O=C(c1ccccc1I)N1CCN(S(=O)(=O)c2cccc(F)c2)CC1. The Morgan fingerprint density at radius 3 is 2.32 bits per heavy atom. The molecule has 1 saturated heterocycles. The largest absolute Gasteiger partial charge is 0.336 e. The number of carbonyl (C=O) groups excluding carboxylic acids is 1.